The van der Waals surface area contributed by atoms with E-state index >= 15 is 0 Å². The van der Waals surface area contributed by atoms with Gasteiger partial charge in [0, 0.05) is 0 Å². The van der Waals surface area contributed by atoms with Crippen LogP contribution in [0, 0.1) is 0 Å². The molecule has 4 heteroatoms. The Kier molecular flexibility index (Phi) is 14.4. The number of rotatable bonds is 14. The summed E-state index contributed by atoms with van der Waals surface area (Å²) in [6.45, 7) is 28.8. The summed E-state index contributed by atoms with van der Waals surface area (Å²) in [6, 6.07) is 8.80. The summed E-state index contributed by atoms with van der Waals surface area (Å²) in [5.74, 6) is 0. The Hall–Kier alpha value is -1.84. The van der Waals surface area contributed by atoms with Gasteiger partial charge < -0.3 is 24.8 Å². The third-order valence-electron chi connectivity index (χ3n) is 4.80. The Labute approximate surface area is 184 Å². The van der Waals surface area contributed by atoms with E-state index in [0.717, 1.165) is 48.2 Å². The minimum Gasteiger partial charge on any atom is -1.00 e. The van der Waals surface area contributed by atoms with Gasteiger partial charge in [0.05, 0.1) is 6.07 Å². The smallest absolute Gasteiger partial charge is 0.139 e. The molecule has 0 amide bonds. The highest BCUT2D eigenvalue weighted by Gasteiger charge is 2.32. The first-order valence-electron chi connectivity index (χ1n) is 9.06. The van der Waals surface area contributed by atoms with Gasteiger partial charge in [-0.25, -0.2) is 0 Å². The number of benzene rings is 1. The van der Waals surface area contributed by atoms with Crippen LogP contribution >= 0.6 is 0 Å². The molecule has 1 rings (SSSR count). The Morgan fingerprint density at radius 1 is 0.536 bits per heavy atom. The molecular formula is C24H34Cl2N2. The lowest BCUT2D eigenvalue weighted by atomic mass is 10.1. The molecular weight excluding hydrogens is 387 g/mol. The van der Waals surface area contributed by atoms with E-state index in [1.165, 1.54) is 11.4 Å². The van der Waals surface area contributed by atoms with Crippen LogP contribution in [0.4, 0.5) is 11.4 Å². The largest absolute Gasteiger partial charge is 1.00 e. The fourth-order valence-corrected chi connectivity index (χ4v) is 3.65. The van der Waals surface area contributed by atoms with Gasteiger partial charge in [-0.15, -0.1) is 0 Å². The highest BCUT2D eigenvalue weighted by atomic mass is 35.5. The minimum absolute atomic E-state index is 0. The van der Waals surface area contributed by atoms with E-state index in [2.05, 4.69) is 63.7 Å². The molecule has 0 spiro atoms. The van der Waals surface area contributed by atoms with Gasteiger partial charge in [-0.05, 0) is 48.6 Å². The van der Waals surface area contributed by atoms with E-state index in [9.17, 15) is 0 Å². The lowest BCUT2D eigenvalue weighted by molar-refractivity contribution is -0.001000. The molecule has 0 saturated heterocycles. The first-order chi connectivity index (χ1) is 12.6. The number of hydrogen-bond acceptors (Lipinski definition) is 0. The minimum atomic E-state index is 0. The molecule has 0 unspecified atom stereocenters. The fraction of sp³-hybridized carbons (Fsp3) is 0.250. The molecule has 0 atom stereocenters. The fourth-order valence-electron chi connectivity index (χ4n) is 3.65. The molecule has 2 nitrogen and oxygen atoms in total. The maximum absolute atomic E-state index is 3.97. The lowest BCUT2D eigenvalue weighted by Gasteiger charge is -2.39. The first kappa shape index (κ1) is 28.4. The summed E-state index contributed by atoms with van der Waals surface area (Å²) in [7, 11) is 0. The van der Waals surface area contributed by atoms with Crippen molar-refractivity contribution in [3.05, 3.63) is 100 Å². The summed E-state index contributed by atoms with van der Waals surface area (Å²) in [5, 5.41) is 0. The molecule has 0 aliphatic rings. The zero-order chi connectivity index (χ0) is 19.5. The predicted octanol–water partition coefficient (Wildman–Crippen LogP) is -0.575. The molecule has 0 saturated carbocycles. The average Bonchev–Trinajstić information content (AvgIpc) is 2.63. The van der Waals surface area contributed by atoms with E-state index < -0.39 is 0 Å². The predicted molar refractivity (Wildman–Crippen MR) is 120 cm³/mol. The van der Waals surface area contributed by atoms with Gasteiger partial charge in [0.15, 0.2) is 0 Å². The van der Waals surface area contributed by atoms with E-state index in [1.54, 1.807) is 0 Å². The zero-order valence-corrected chi connectivity index (χ0v) is 18.4. The van der Waals surface area contributed by atoms with Crippen LogP contribution in [-0.4, -0.2) is 39.3 Å². The lowest BCUT2D eigenvalue weighted by Crippen LogP contribution is -3.00. The number of hydrogen-bond donors (Lipinski definition) is 0. The number of halogens is 2. The highest BCUT2D eigenvalue weighted by Crippen LogP contribution is 2.32. The van der Waals surface area contributed by atoms with Crippen molar-refractivity contribution in [3.63, 3.8) is 0 Å². The van der Waals surface area contributed by atoms with Crippen LogP contribution in [0.15, 0.2) is 100 Å². The van der Waals surface area contributed by atoms with Gasteiger partial charge in [0.2, 0.25) is 0 Å². The molecule has 1 aromatic rings. The maximum atomic E-state index is 3.97. The van der Waals surface area contributed by atoms with Crippen molar-refractivity contribution in [3.8, 4) is 0 Å². The third-order valence-corrected chi connectivity index (χ3v) is 4.80. The zero-order valence-electron chi connectivity index (χ0n) is 16.9. The first-order valence-corrected chi connectivity index (χ1v) is 9.06. The van der Waals surface area contributed by atoms with Crippen molar-refractivity contribution < 1.29 is 24.8 Å². The molecule has 0 N–H and O–H groups in total. The highest BCUT2D eigenvalue weighted by molar-refractivity contribution is 5.57. The van der Waals surface area contributed by atoms with Gasteiger partial charge >= 0.3 is 0 Å². The summed E-state index contributed by atoms with van der Waals surface area (Å²) in [6.07, 6.45) is 11.8. The van der Waals surface area contributed by atoms with Crippen molar-refractivity contribution in [1.82, 2.24) is 8.97 Å². The number of quaternary nitrogens is 2. The van der Waals surface area contributed by atoms with Crippen LogP contribution in [0.5, 0.6) is 0 Å². The molecule has 0 aromatic heterocycles. The molecule has 0 fully saturated rings. The number of nitrogens with zero attached hydrogens (tertiary/aromatic N) is 2. The SMILES string of the molecule is C=CC[N+](CC=C)(CC=C)c1cccc([N+](CC=C)(CC=C)CC=C)c1.[Cl-].[Cl-]. The Morgan fingerprint density at radius 2 is 0.786 bits per heavy atom. The van der Waals surface area contributed by atoms with Crippen LogP contribution in [0.2, 0.25) is 0 Å². The Balaban J connectivity index is 0. The summed E-state index contributed by atoms with van der Waals surface area (Å²) in [5.41, 5.74) is 2.48. The summed E-state index contributed by atoms with van der Waals surface area (Å²) >= 11 is 0. The van der Waals surface area contributed by atoms with E-state index in [-0.39, 0.29) is 24.8 Å². The van der Waals surface area contributed by atoms with Gasteiger partial charge in [-0.1, -0.05) is 45.5 Å². The third kappa shape index (κ3) is 6.65. The van der Waals surface area contributed by atoms with Crippen molar-refractivity contribution in [1.29, 1.82) is 0 Å². The normalized spacial score (nSPS) is 10.6. The quantitative estimate of drug-likeness (QED) is 0.279. The Morgan fingerprint density at radius 3 is 1.00 bits per heavy atom. The van der Waals surface area contributed by atoms with Crippen molar-refractivity contribution >= 4 is 11.4 Å². The molecule has 0 radical (unpaired) electrons. The molecule has 154 valence electrons. The molecule has 1 aromatic carbocycles. The van der Waals surface area contributed by atoms with Crippen molar-refractivity contribution in [2.24, 2.45) is 0 Å². The van der Waals surface area contributed by atoms with Crippen molar-refractivity contribution in [2.45, 2.75) is 0 Å². The van der Waals surface area contributed by atoms with Crippen LogP contribution in [-0.2, 0) is 0 Å². The van der Waals surface area contributed by atoms with Crippen LogP contribution in [0.1, 0.15) is 0 Å². The van der Waals surface area contributed by atoms with E-state index in [0.29, 0.717) is 0 Å². The second-order valence-electron chi connectivity index (χ2n) is 6.64. The van der Waals surface area contributed by atoms with Gasteiger partial charge in [0.25, 0.3) is 0 Å². The maximum Gasteiger partial charge on any atom is 0.139 e. The van der Waals surface area contributed by atoms with Crippen LogP contribution in [0.25, 0.3) is 0 Å². The summed E-state index contributed by atoms with van der Waals surface area (Å²) < 4.78 is 1.47. The average molecular weight is 421 g/mol. The molecule has 0 bridgehead atoms. The van der Waals surface area contributed by atoms with Gasteiger partial charge in [0.1, 0.15) is 50.6 Å². The molecule has 28 heavy (non-hydrogen) atoms. The molecule has 0 aliphatic carbocycles. The van der Waals surface area contributed by atoms with Crippen molar-refractivity contribution in [2.75, 3.05) is 39.3 Å². The van der Waals surface area contributed by atoms with E-state index in [4.69, 9.17) is 0 Å². The summed E-state index contributed by atoms with van der Waals surface area (Å²) in [4.78, 5) is 0. The molecule has 0 aliphatic heterocycles. The monoisotopic (exact) mass is 420 g/mol. The topological polar surface area (TPSA) is 0 Å². The second kappa shape index (κ2) is 14.2. The van der Waals surface area contributed by atoms with Crippen LogP contribution < -0.4 is 33.8 Å². The standard InChI is InChI=1S/C24H34N2.2ClH/c1-7-16-25(17-8-2,18-9-3)23-14-13-15-24(22-23)26(19-10-4,20-11-5)21-12-6;;/h7-15,22H,1-6,16-21H2;2*1H/q+2;;/p-2. The van der Waals surface area contributed by atoms with E-state index in [1.807, 2.05) is 36.5 Å². The molecule has 0 heterocycles. The van der Waals surface area contributed by atoms with Crippen LogP contribution in [0.3, 0.4) is 0 Å². The Bertz CT molecular complexity index is 558. The van der Waals surface area contributed by atoms with Gasteiger partial charge in [-0.3, -0.25) is 8.97 Å². The second-order valence-corrected chi connectivity index (χ2v) is 6.64. The van der Waals surface area contributed by atoms with Gasteiger partial charge in [-0.2, -0.15) is 0 Å².